The first kappa shape index (κ1) is 20.2. The molecule has 1 N–H and O–H groups in total. The number of likely N-dealkylation sites (tertiary alicyclic amines) is 1. The number of ether oxygens (including phenoxy) is 2. The van der Waals surface area contributed by atoms with E-state index in [0.717, 1.165) is 13.1 Å². The minimum Gasteiger partial charge on any atom is -0.497 e. The topological polar surface area (TPSA) is 50.8 Å². The van der Waals surface area contributed by atoms with Crippen LogP contribution in [0.15, 0.2) is 60.7 Å². The van der Waals surface area contributed by atoms with Crippen molar-refractivity contribution in [2.45, 2.75) is 18.9 Å². The molecule has 1 fully saturated rings. The van der Waals surface area contributed by atoms with E-state index in [1.165, 1.54) is 29.2 Å². The first-order valence-corrected chi connectivity index (χ1v) is 10.4. The van der Waals surface area contributed by atoms with Gasteiger partial charge in [-0.1, -0.05) is 42.5 Å². The third kappa shape index (κ3) is 4.26. The number of nitrogens with one attached hydrogen (secondary N) is 1. The molecule has 1 heterocycles. The van der Waals surface area contributed by atoms with Crippen molar-refractivity contribution < 1.29 is 14.3 Å². The second-order valence-electron chi connectivity index (χ2n) is 7.64. The molecule has 0 aromatic heterocycles. The number of fused-ring (bicyclic) bond motifs is 1. The molecule has 1 amide bonds. The van der Waals surface area contributed by atoms with Crippen molar-refractivity contribution in [1.29, 1.82) is 0 Å². The van der Waals surface area contributed by atoms with E-state index in [9.17, 15) is 4.79 Å². The number of carbonyl (C=O) groups excluding carboxylic acids is 1. The zero-order valence-corrected chi connectivity index (χ0v) is 17.6. The summed E-state index contributed by atoms with van der Waals surface area (Å²) in [7, 11) is 3.17. The van der Waals surface area contributed by atoms with Crippen molar-refractivity contribution in [3.63, 3.8) is 0 Å². The summed E-state index contributed by atoms with van der Waals surface area (Å²) < 4.78 is 10.6. The van der Waals surface area contributed by atoms with E-state index in [-0.39, 0.29) is 11.9 Å². The quantitative estimate of drug-likeness (QED) is 0.633. The third-order valence-electron chi connectivity index (χ3n) is 5.83. The predicted octanol–water partition coefficient (Wildman–Crippen LogP) is 4.42. The smallest absolute Gasteiger partial charge is 0.251 e. The lowest BCUT2D eigenvalue weighted by atomic mass is 9.97. The van der Waals surface area contributed by atoms with Gasteiger partial charge in [-0.25, -0.2) is 0 Å². The number of carbonyl (C=O) groups is 1. The predicted molar refractivity (Wildman–Crippen MR) is 119 cm³/mol. The number of hydrogen-bond acceptors (Lipinski definition) is 4. The summed E-state index contributed by atoms with van der Waals surface area (Å²) in [4.78, 5) is 15.4. The Morgan fingerprint density at radius 1 is 0.967 bits per heavy atom. The fourth-order valence-electron chi connectivity index (χ4n) is 4.26. The van der Waals surface area contributed by atoms with Gasteiger partial charge < -0.3 is 14.8 Å². The highest BCUT2D eigenvalue weighted by Crippen LogP contribution is 2.30. The van der Waals surface area contributed by atoms with Crippen LogP contribution in [0.3, 0.4) is 0 Å². The van der Waals surface area contributed by atoms with Gasteiger partial charge >= 0.3 is 0 Å². The number of methoxy groups -OCH3 is 2. The minimum absolute atomic E-state index is 0.128. The van der Waals surface area contributed by atoms with Gasteiger partial charge in [0.2, 0.25) is 0 Å². The SMILES string of the molecule is COc1cc(OC)cc(C(=O)NC[C@@H](c2cccc3ccccc23)N2CCCC2)c1. The molecule has 156 valence electrons. The second kappa shape index (κ2) is 9.18. The number of hydrogen-bond donors (Lipinski definition) is 1. The molecule has 0 radical (unpaired) electrons. The Labute approximate surface area is 177 Å². The summed E-state index contributed by atoms with van der Waals surface area (Å²) in [6, 6.07) is 20.3. The van der Waals surface area contributed by atoms with E-state index in [0.29, 0.717) is 23.6 Å². The largest absolute Gasteiger partial charge is 0.497 e. The van der Waals surface area contributed by atoms with Gasteiger partial charge in [-0.05, 0) is 54.4 Å². The van der Waals surface area contributed by atoms with Crippen LogP contribution >= 0.6 is 0 Å². The Morgan fingerprint density at radius 3 is 2.33 bits per heavy atom. The summed E-state index contributed by atoms with van der Waals surface area (Å²) in [6.07, 6.45) is 2.39. The lowest BCUT2D eigenvalue weighted by molar-refractivity contribution is 0.0937. The summed E-state index contributed by atoms with van der Waals surface area (Å²) >= 11 is 0. The molecule has 0 unspecified atom stereocenters. The van der Waals surface area contributed by atoms with Crippen molar-refractivity contribution in [2.24, 2.45) is 0 Å². The molecule has 1 aliphatic heterocycles. The first-order chi connectivity index (χ1) is 14.7. The molecule has 30 heavy (non-hydrogen) atoms. The van der Waals surface area contributed by atoms with Gasteiger partial charge in [0.15, 0.2) is 0 Å². The monoisotopic (exact) mass is 404 g/mol. The van der Waals surface area contributed by atoms with Crippen molar-refractivity contribution in [2.75, 3.05) is 33.9 Å². The van der Waals surface area contributed by atoms with Gasteiger partial charge in [0.05, 0.1) is 20.3 Å². The summed E-state index contributed by atoms with van der Waals surface area (Å²) in [5.74, 6) is 1.07. The molecule has 3 aromatic carbocycles. The summed E-state index contributed by atoms with van der Waals surface area (Å²) in [6.45, 7) is 2.65. The van der Waals surface area contributed by atoms with Crippen LogP contribution in [-0.2, 0) is 0 Å². The Balaban J connectivity index is 1.60. The molecular formula is C25H28N2O3. The minimum atomic E-state index is -0.128. The van der Waals surface area contributed by atoms with Gasteiger partial charge in [0, 0.05) is 18.2 Å². The van der Waals surface area contributed by atoms with Crippen molar-refractivity contribution in [3.05, 3.63) is 71.8 Å². The van der Waals surface area contributed by atoms with Crippen LogP contribution in [0.1, 0.15) is 34.8 Å². The van der Waals surface area contributed by atoms with Gasteiger partial charge in [-0.15, -0.1) is 0 Å². The first-order valence-electron chi connectivity index (χ1n) is 10.4. The molecule has 1 saturated heterocycles. The standard InChI is InChI=1S/C25H28N2O3/c1-29-20-14-19(15-21(16-20)30-2)25(28)26-17-24(27-12-5-6-13-27)23-11-7-9-18-8-3-4-10-22(18)23/h3-4,7-11,14-16,24H,5-6,12-13,17H2,1-2H3,(H,26,28)/t24-/m0/s1. The van der Waals surface area contributed by atoms with Crippen molar-refractivity contribution in [3.8, 4) is 11.5 Å². The molecule has 5 heteroatoms. The highest BCUT2D eigenvalue weighted by Gasteiger charge is 2.25. The average molecular weight is 405 g/mol. The van der Waals surface area contributed by atoms with Crippen molar-refractivity contribution in [1.82, 2.24) is 10.2 Å². The molecule has 4 rings (SSSR count). The molecule has 0 spiro atoms. The molecule has 1 aliphatic rings. The zero-order chi connectivity index (χ0) is 20.9. The van der Waals surface area contributed by atoms with E-state index in [4.69, 9.17) is 9.47 Å². The van der Waals surface area contributed by atoms with Crippen LogP contribution in [0.5, 0.6) is 11.5 Å². The van der Waals surface area contributed by atoms with Gasteiger partial charge in [0.1, 0.15) is 11.5 Å². The number of nitrogens with zero attached hydrogens (tertiary/aromatic N) is 1. The van der Waals surface area contributed by atoms with Crippen molar-refractivity contribution >= 4 is 16.7 Å². The Bertz CT molecular complexity index is 1000. The maximum atomic E-state index is 13.0. The van der Waals surface area contributed by atoms with E-state index < -0.39 is 0 Å². The number of benzene rings is 3. The molecular weight excluding hydrogens is 376 g/mol. The highest BCUT2D eigenvalue weighted by molar-refractivity contribution is 5.95. The number of amides is 1. The van der Waals surface area contributed by atoms with Crippen LogP contribution < -0.4 is 14.8 Å². The highest BCUT2D eigenvalue weighted by atomic mass is 16.5. The molecule has 0 saturated carbocycles. The maximum Gasteiger partial charge on any atom is 0.251 e. The van der Waals surface area contributed by atoms with Crippen LogP contribution in [0.4, 0.5) is 0 Å². The lowest BCUT2D eigenvalue weighted by Crippen LogP contribution is -2.37. The molecule has 0 bridgehead atoms. The zero-order valence-electron chi connectivity index (χ0n) is 17.6. The second-order valence-corrected chi connectivity index (χ2v) is 7.64. The fourth-order valence-corrected chi connectivity index (χ4v) is 4.26. The molecule has 5 nitrogen and oxygen atoms in total. The summed E-state index contributed by atoms with van der Waals surface area (Å²) in [5.41, 5.74) is 1.79. The van der Waals surface area contributed by atoms with Crippen LogP contribution in [0.2, 0.25) is 0 Å². The average Bonchev–Trinajstić information content (AvgIpc) is 3.33. The van der Waals surface area contributed by atoms with E-state index >= 15 is 0 Å². The van der Waals surface area contributed by atoms with Gasteiger partial charge in [-0.3, -0.25) is 9.69 Å². The van der Waals surface area contributed by atoms with E-state index in [2.05, 4.69) is 52.7 Å². The Kier molecular flexibility index (Phi) is 6.19. The maximum absolute atomic E-state index is 13.0. The van der Waals surface area contributed by atoms with Gasteiger partial charge in [0.25, 0.3) is 5.91 Å². The number of rotatable bonds is 7. The Morgan fingerprint density at radius 2 is 1.63 bits per heavy atom. The fraction of sp³-hybridized carbons (Fsp3) is 0.320. The van der Waals surface area contributed by atoms with Crippen LogP contribution in [-0.4, -0.2) is 44.7 Å². The molecule has 3 aromatic rings. The third-order valence-corrected chi connectivity index (χ3v) is 5.83. The normalized spacial score (nSPS) is 15.1. The van der Waals surface area contributed by atoms with E-state index in [1.54, 1.807) is 32.4 Å². The van der Waals surface area contributed by atoms with E-state index in [1.807, 2.05) is 0 Å². The molecule has 1 atom stereocenters. The lowest BCUT2D eigenvalue weighted by Gasteiger charge is -2.29. The summed E-state index contributed by atoms with van der Waals surface area (Å²) in [5, 5.41) is 5.62. The molecule has 0 aliphatic carbocycles. The Hall–Kier alpha value is -3.05. The van der Waals surface area contributed by atoms with Crippen LogP contribution in [0, 0.1) is 0 Å². The van der Waals surface area contributed by atoms with Crippen LogP contribution in [0.25, 0.3) is 10.8 Å². The van der Waals surface area contributed by atoms with Gasteiger partial charge in [-0.2, -0.15) is 0 Å².